The summed E-state index contributed by atoms with van der Waals surface area (Å²) in [7, 11) is 0. The molecule has 5 nitrogen and oxygen atoms in total. The third-order valence-corrected chi connectivity index (χ3v) is 6.52. The second-order valence-corrected chi connectivity index (χ2v) is 9.39. The molecule has 1 aliphatic heterocycles. The molecule has 0 bridgehead atoms. The molecular weight excluding hydrogens is 452 g/mol. The summed E-state index contributed by atoms with van der Waals surface area (Å²) in [6.07, 6.45) is 4.09. The van der Waals surface area contributed by atoms with Crippen LogP contribution in [0.4, 0.5) is 5.69 Å². The van der Waals surface area contributed by atoms with E-state index in [-0.39, 0.29) is 5.91 Å². The number of amides is 1. The smallest absolute Gasteiger partial charge is 0.242 e. The number of hydrogen-bond donors (Lipinski definition) is 3. The van der Waals surface area contributed by atoms with Crippen LogP contribution in [0.3, 0.4) is 0 Å². The summed E-state index contributed by atoms with van der Waals surface area (Å²) in [6.45, 7) is 4.07. The van der Waals surface area contributed by atoms with Crippen molar-refractivity contribution in [1.82, 2.24) is 15.5 Å². The molecule has 1 aliphatic rings. The quantitative estimate of drug-likeness (QED) is 0.282. The summed E-state index contributed by atoms with van der Waals surface area (Å²) in [4.78, 5) is 15.5. The van der Waals surface area contributed by atoms with Crippen molar-refractivity contribution < 1.29 is 4.79 Å². The van der Waals surface area contributed by atoms with Gasteiger partial charge in [0, 0.05) is 18.7 Å². The first-order valence-electron chi connectivity index (χ1n) is 12.4. The largest absolute Gasteiger partial charge is 0.354 e. The number of carbonyl (C=O) groups excluding carboxylic acids is 1. The van der Waals surface area contributed by atoms with E-state index in [1.54, 1.807) is 0 Å². The monoisotopic (exact) mass is 486 g/mol. The van der Waals surface area contributed by atoms with Crippen LogP contribution >= 0.6 is 12.2 Å². The minimum absolute atomic E-state index is 0.0288. The lowest BCUT2D eigenvalue weighted by Gasteiger charge is -2.21. The number of anilines is 1. The molecule has 0 radical (unpaired) electrons. The van der Waals surface area contributed by atoms with E-state index < -0.39 is 6.04 Å². The summed E-state index contributed by atoms with van der Waals surface area (Å²) >= 11 is 5.57. The molecule has 182 valence electrons. The second-order valence-electron chi connectivity index (χ2n) is 8.98. The van der Waals surface area contributed by atoms with Crippen molar-refractivity contribution in [3.8, 4) is 11.1 Å². The Bertz CT molecular complexity index is 1070. The Kier molecular flexibility index (Phi) is 9.26. The van der Waals surface area contributed by atoms with Gasteiger partial charge in [-0.1, -0.05) is 72.8 Å². The molecule has 6 heteroatoms. The van der Waals surface area contributed by atoms with Crippen LogP contribution in [-0.4, -0.2) is 48.1 Å². The highest BCUT2D eigenvalue weighted by molar-refractivity contribution is 7.80. The zero-order valence-electron chi connectivity index (χ0n) is 20.1. The summed E-state index contributed by atoms with van der Waals surface area (Å²) in [5, 5.41) is 10.0. The molecule has 0 aromatic heterocycles. The van der Waals surface area contributed by atoms with Gasteiger partial charge in [-0.3, -0.25) is 4.79 Å². The first-order valence-corrected chi connectivity index (χ1v) is 12.9. The molecular formula is C29H34N4OS. The Morgan fingerprint density at radius 2 is 1.49 bits per heavy atom. The molecule has 1 amide bonds. The summed E-state index contributed by atoms with van der Waals surface area (Å²) in [5.74, 6) is -0.0288. The van der Waals surface area contributed by atoms with Gasteiger partial charge in [0.1, 0.15) is 6.04 Å². The predicted octanol–water partition coefficient (Wildman–Crippen LogP) is 4.85. The van der Waals surface area contributed by atoms with Gasteiger partial charge < -0.3 is 20.9 Å². The van der Waals surface area contributed by atoms with Crippen LogP contribution in [0.2, 0.25) is 0 Å². The highest BCUT2D eigenvalue weighted by Crippen LogP contribution is 2.21. The molecule has 1 fully saturated rings. The van der Waals surface area contributed by atoms with E-state index in [0.29, 0.717) is 18.1 Å². The number of carbonyl (C=O) groups is 1. The van der Waals surface area contributed by atoms with E-state index in [1.165, 1.54) is 31.5 Å². The molecule has 0 saturated carbocycles. The zero-order chi connectivity index (χ0) is 24.3. The minimum atomic E-state index is -0.451. The van der Waals surface area contributed by atoms with E-state index in [2.05, 4.69) is 45.1 Å². The van der Waals surface area contributed by atoms with Crippen LogP contribution in [0, 0.1) is 0 Å². The molecule has 3 aromatic rings. The molecule has 3 aromatic carbocycles. The van der Waals surface area contributed by atoms with Gasteiger partial charge in [0.25, 0.3) is 0 Å². The van der Waals surface area contributed by atoms with Gasteiger partial charge in [-0.05, 0) is 79.9 Å². The summed E-state index contributed by atoms with van der Waals surface area (Å²) in [6, 6.07) is 28.0. The van der Waals surface area contributed by atoms with Crippen LogP contribution in [-0.2, 0) is 11.2 Å². The lowest BCUT2D eigenvalue weighted by atomic mass is 10.1. The van der Waals surface area contributed by atoms with Crippen molar-refractivity contribution in [2.24, 2.45) is 0 Å². The highest BCUT2D eigenvalue weighted by Gasteiger charge is 2.20. The van der Waals surface area contributed by atoms with Crippen LogP contribution < -0.4 is 16.0 Å². The molecule has 1 saturated heterocycles. The maximum atomic E-state index is 13.1. The average Bonchev–Trinajstić information content (AvgIpc) is 3.41. The van der Waals surface area contributed by atoms with Crippen molar-refractivity contribution in [2.75, 3.05) is 31.5 Å². The van der Waals surface area contributed by atoms with Crippen molar-refractivity contribution in [3.63, 3.8) is 0 Å². The molecule has 3 N–H and O–H groups in total. The van der Waals surface area contributed by atoms with Crippen LogP contribution in [0.5, 0.6) is 0 Å². The number of nitrogens with zero attached hydrogens (tertiary/aromatic N) is 1. The molecule has 1 atom stereocenters. The molecule has 0 aliphatic carbocycles. The number of benzene rings is 3. The summed E-state index contributed by atoms with van der Waals surface area (Å²) < 4.78 is 0. The second kappa shape index (κ2) is 13.0. The predicted molar refractivity (Wildman–Crippen MR) is 148 cm³/mol. The van der Waals surface area contributed by atoms with Crippen molar-refractivity contribution in [1.29, 1.82) is 0 Å². The Hall–Kier alpha value is -3.22. The average molecular weight is 487 g/mol. The Labute approximate surface area is 213 Å². The number of thiocarbonyl (C=S) groups is 1. The Morgan fingerprint density at radius 1 is 0.857 bits per heavy atom. The van der Waals surface area contributed by atoms with Crippen LogP contribution in [0.1, 0.15) is 24.8 Å². The molecule has 4 rings (SSSR count). The fourth-order valence-corrected chi connectivity index (χ4v) is 4.66. The number of rotatable bonds is 10. The Morgan fingerprint density at radius 3 is 2.17 bits per heavy atom. The van der Waals surface area contributed by atoms with Gasteiger partial charge in [-0.15, -0.1) is 0 Å². The Balaban J connectivity index is 1.32. The molecule has 1 unspecified atom stereocenters. The van der Waals surface area contributed by atoms with Gasteiger partial charge >= 0.3 is 0 Å². The SMILES string of the molecule is O=C(NCCCN1CCCC1)C(Cc1ccccc1)NC(=S)Nc1ccc(-c2ccccc2)cc1. The maximum Gasteiger partial charge on any atom is 0.242 e. The first kappa shape index (κ1) is 24.9. The number of nitrogens with one attached hydrogen (secondary N) is 3. The van der Waals surface area contributed by atoms with Gasteiger partial charge in [-0.2, -0.15) is 0 Å². The van der Waals surface area contributed by atoms with E-state index in [0.717, 1.165) is 29.8 Å². The maximum absolute atomic E-state index is 13.1. The molecule has 1 heterocycles. The van der Waals surface area contributed by atoms with Crippen molar-refractivity contribution in [3.05, 3.63) is 90.5 Å². The van der Waals surface area contributed by atoms with Crippen molar-refractivity contribution >= 4 is 28.9 Å². The van der Waals surface area contributed by atoms with E-state index in [1.807, 2.05) is 60.7 Å². The summed E-state index contributed by atoms with van der Waals surface area (Å²) in [5.41, 5.74) is 4.29. The van der Waals surface area contributed by atoms with Crippen molar-refractivity contribution in [2.45, 2.75) is 31.7 Å². The minimum Gasteiger partial charge on any atom is -0.354 e. The number of likely N-dealkylation sites (tertiary alicyclic amines) is 1. The third kappa shape index (κ3) is 7.91. The van der Waals surface area contributed by atoms with Gasteiger partial charge in [0.15, 0.2) is 5.11 Å². The van der Waals surface area contributed by atoms with Gasteiger partial charge in [0.2, 0.25) is 5.91 Å². The normalized spacial score (nSPS) is 14.3. The van der Waals surface area contributed by atoms with Gasteiger partial charge in [-0.25, -0.2) is 0 Å². The first-order chi connectivity index (χ1) is 17.2. The van der Waals surface area contributed by atoms with E-state index >= 15 is 0 Å². The third-order valence-electron chi connectivity index (χ3n) is 6.30. The van der Waals surface area contributed by atoms with Crippen LogP contribution in [0.25, 0.3) is 11.1 Å². The molecule has 0 spiro atoms. The molecule has 35 heavy (non-hydrogen) atoms. The topological polar surface area (TPSA) is 56.4 Å². The fourth-order valence-electron chi connectivity index (χ4n) is 4.40. The fraction of sp³-hybridized carbons (Fsp3) is 0.310. The number of hydrogen-bond acceptors (Lipinski definition) is 3. The van der Waals surface area contributed by atoms with E-state index in [4.69, 9.17) is 12.2 Å². The van der Waals surface area contributed by atoms with E-state index in [9.17, 15) is 4.79 Å². The zero-order valence-corrected chi connectivity index (χ0v) is 20.9. The lowest BCUT2D eigenvalue weighted by Crippen LogP contribution is -2.49. The van der Waals surface area contributed by atoms with Gasteiger partial charge in [0.05, 0.1) is 0 Å². The standard InChI is InChI=1S/C29H34N4OS/c34-28(30-18-9-21-33-19-7-8-20-33)27(22-23-10-3-1-4-11-23)32-29(35)31-26-16-14-25(15-17-26)24-12-5-2-6-13-24/h1-6,10-17,27H,7-9,18-22H2,(H,30,34)(H2,31,32,35). The van der Waals surface area contributed by atoms with Crippen LogP contribution in [0.15, 0.2) is 84.9 Å². The highest BCUT2D eigenvalue weighted by atomic mass is 32.1. The lowest BCUT2D eigenvalue weighted by molar-refractivity contribution is -0.122.